The fourth-order valence-electron chi connectivity index (χ4n) is 3.13. The number of imidazole rings is 1. The normalized spacial score (nSPS) is 21.3. The molecule has 0 aliphatic heterocycles. The lowest BCUT2D eigenvalue weighted by Gasteiger charge is -2.07. The van der Waals surface area contributed by atoms with Gasteiger partial charge in [-0.05, 0) is 37.0 Å². The van der Waals surface area contributed by atoms with Crippen molar-refractivity contribution in [1.29, 1.82) is 0 Å². The fourth-order valence-corrected chi connectivity index (χ4v) is 3.13. The van der Waals surface area contributed by atoms with Crippen LogP contribution < -0.4 is 0 Å². The molecule has 3 rings (SSSR count). The van der Waals surface area contributed by atoms with Crippen LogP contribution in [0.25, 0.3) is 11.0 Å². The predicted molar refractivity (Wildman–Crippen MR) is 78.1 cm³/mol. The topological polar surface area (TPSA) is 55.1 Å². The zero-order valence-electron chi connectivity index (χ0n) is 12.0. The number of carboxylic acid groups (broad SMARTS) is 1. The highest BCUT2D eigenvalue weighted by Gasteiger charge is 2.39. The molecule has 106 valence electrons. The Morgan fingerprint density at radius 1 is 1.45 bits per heavy atom. The summed E-state index contributed by atoms with van der Waals surface area (Å²) < 4.78 is 2.33. The molecule has 1 aliphatic carbocycles. The smallest absolute Gasteiger partial charge is 0.335 e. The van der Waals surface area contributed by atoms with E-state index in [2.05, 4.69) is 23.4 Å². The van der Waals surface area contributed by atoms with E-state index < -0.39 is 5.97 Å². The molecule has 0 amide bonds. The van der Waals surface area contributed by atoms with Crippen LogP contribution >= 0.6 is 0 Å². The van der Waals surface area contributed by atoms with Gasteiger partial charge in [0.05, 0.1) is 16.6 Å². The third-order valence-corrected chi connectivity index (χ3v) is 4.20. The number of carboxylic acids is 1. The Morgan fingerprint density at radius 3 is 2.90 bits per heavy atom. The molecule has 1 heterocycles. The summed E-state index contributed by atoms with van der Waals surface area (Å²) >= 11 is 0. The minimum absolute atomic E-state index is 0.311. The lowest BCUT2D eigenvalue weighted by molar-refractivity contribution is 0.0697. The van der Waals surface area contributed by atoms with Gasteiger partial charge < -0.3 is 9.67 Å². The van der Waals surface area contributed by atoms with E-state index in [4.69, 9.17) is 5.11 Å². The third-order valence-electron chi connectivity index (χ3n) is 4.20. The molecule has 4 heteroatoms. The Morgan fingerprint density at radius 2 is 2.25 bits per heavy atom. The first kappa shape index (κ1) is 13.2. The largest absolute Gasteiger partial charge is 0.478 e. The van der Waals surface area contributed by atoms with Gasteiger partial charge in [0.25, 0.3) is 0 Å². The van der Waals surface area contributed by atoms with Crippen LogP contribution in [0.15, 0.2) is 18.2 Å². The van der Waals surface area contributed by atoms with E-state index in [1.165, 1.54) is 19.3 Å². The van der Waals surface area contributed by atoms with E-state index in [1.54, 1.807) is 12.1 Å². The van der Waals surface area contributed by atoms with E-state index >= 15 is 0 Å². The van der Waals surface area contributed by atoms with Gasteiger partial charge in [0.15, 0.2) is 0 Å². The van der Waals surface area contributed by atoms with Crippen LogP contribution in [0.5, 0.6) is 0 Å². The van der Waals surface area contributed by atoms with Crippen LogP contribution in [0.1, 0.15) is 55.3 Å². The number of hydrogen-bond donors (Lipinski definition) is 1. The second-order valence-corrected chi connectivity index (χ2v) is 5.61. The molecule has 2 atom stereocenters. The molecule has 1 aromatic heterocycles. The van der Waals surface area contributed by atoms with Gasteiger partial charge in [0.2, 0.25) is 0 Å². The molecular weight excluding hydrogens is 252 g/mol. The standard InChI is InChI=1S/C16H20N2O2/c1-3-5-10-9-14(10)18-13-7-6-11(16(19)20)8-12(13)17-15(18)4-2/h6-8,10,14H,3-5,9H2,1-2H3,(H,19,20). The second-order valence-electron chi connectivity index (χ2n) is 5.61. The van der Waals surface area contributed by atoms with Crippen molar-refractivity contribution in [3.63, 3.8) is 0 Å². The second kappa shape index (κ2) is 4.93. The summed E-state index contributed by atoms with van der Waals surface area (Å²) in [6.07, 6.45) is 4.60. The average Bonchev–Trinajstić information content (AvgIpc) is 3.08. The minimum Gasteiger partial charge on any atom is -0.478 e. The van der Waals surface area contributed by atoms with Crippen molar-refractivity contribution in [3.8, 4) is 0 Å². The van der Waals surface area contributed by atoms with Crippen molar-refractivity contribution in [3.05, 3.63) is 29.6 Å². The highest BCUT2D eigenvalue weighted by atomic mass is 16.4. The number of aromatic carboxylic acids is 1. The van der Waals surface area contributed by atoms with E-state index in [0.717, 1.165) is 29.2 Å². The van der Waals surface area contributed by atoms with E-state index in [1.807, 2.05) is 6.07 Å². The first-order valence-corrected chi connectivity index (χ1v) is 7.39. The molecule has 0 spiro atoms. The first-order chi connectivity index (χ1) is 9.65. The number of aryl methyl sites for hydroxylation is 1. The molecular formula is C16H20N2O2. The molecule has 0 bridgehead atoms. The van der Waals surface area contributed by atoms with Crippen LogP contribution in [0.3, 0.4) is 0 Å². The maximum absolute atomic E-state index is 11.1. The van der Waals surface area contributed by atoms with Gasteiger partial charge in [-0.15, -0.1) is 0 Å². The number of benzene rings is 1. The van der Waals surface area contributed by atoms with E-state index in [-0.39, 0.29) is 0 Å². The molecule has 0 radical (unpaired) electrons. The Balaban J connectivity index is 2.04. The molecule has 1 aliphatic rings. The van der Waals surface area contributed by atoms with Gasteiger partial charge in [-0.1, -0.05) is 20.3 Å². The quantitative estimate of drug-likeness (QED) is 0.903. The van der Waals surface area contributed by atoms with Crippen LogP contribution in [0.4, 0.5) is 0 Å². The molecule has 0 saturated heterocycles. The molecule has 1 saturated carbocycles. The third kappa shape index (κ3) is 2.09. The van der Waals surface area contributed by atoms with Crippen LogP contribution in [-0.2, 0) is 6.42 Å². The van der Waals surface area contributed by atoms with Crippen molar-refractivity contribution in [1.82, 2.24) is 9.55 Å². The summed E-state index contributed by atoms with van der Waals surface area (Å²) in [4.78, 5) is 15.7. The Hall–Kier alpha value is -1.84. The number of nitrogens with zero attached hydrogens (tertiary/aromatic N) is 2. The molecule has 2 aromatic rings. The maximum atomic E-state index is 11.1. The molecule has 20 heavy (non-hydrogen) atoms. The van der Waals surface area contributed by atoms with E-state index in [0.29, 0.717) is 11.6 Å². The molecule has 2 unspecified atom stereocenters. The average molecular weight is 272 g/mol. The number of hydrogen-bond acceptors (Lipinski definition) is 2. The zero-order valence-corrected chi connectivity index (χ0v) is 12.0. The van der Waals surface area contributed by atoms with Crippen LogP contribution in [0, 0.1) is 5.92 Å². The Labute approximate surface area is 118 Å². The predicted octanol–water partition coefficient (Wildman–Crippen LogP) is 3.66. The van der Waals surface area contributed by atoms with Crippen molar-refractivity contribution in [2.45, 2.75) is 45.6 Å². The summed E-state index contributed by atoms with van der Waals surface area (Å²) in [5.41, 5.74) is 2.20. The summed E-state index contributed by atoms with van der Waals surface area (Å²) in [5, 5.41) is 9.08. The Bertz CT molecular complexity index is 660. The van der Waals surface area contributed by atoms with Gasteiger partial charge in [0.1, 0.15) is 5.82 Å². The number of fused-ring (bicyclic) bond motifs is 1. The minimum atomic E-state index is -0.894. The van der Waals surface area contributed by atoms with Crippen molar-refractivity contribution in [2.24, 2.45) is 5.92 Å². The number of carbonyl (C=O) groups is 1. The molecule has 1 N–H and O–H groups in total. The summed E-state index contributed by atoms with van der Waals surface area (Å²) in [6, 6.07) is 5.83. The van der Waals surface area contributed by atoms with Gasteiger partial charge in [-0.3, -0.25) is 0 Å². The first-order valence-electron chi connectivity index (χ1n) is 7.39. The lowest BCUT2D eigenvalue weighted by Crippen LogP contribution is -2.02. The van der Waals surface area contributed by atoms with Crippen molar-refractivity contribution in [2.75, 3.05) is 0 Å². The number of aromatic nitrogens is 2. The van der Waals surface area contributed by atoms with Gasteiger partial charge in [0, 0.05) is 12.5 Å². The summed E-state index contributed by atoms with van der Waals surface area (Å²) in [5.74, 6) is 0.947. The fraction of sp³-hybridized carbons (Fsp3) is 0.500. The monoisotopic (exact) mass is 272 g/mol. The zero-order chi connectivity index (χ0) is 14.3. The number of rotatable bonds is 5. The highest BCUT2D eigenvalue weighted by Crippen LogP contribution is 2.48. The molecule has 1 aromatic carbocycles. The van der Waals surface area contributed by atoms with Gasteiger partial charge >= 0.3 is 5.97 Å². The molecule has 1 fully saturated rings. The van der Waals surface area contributed by atoms with E-state index in [9.17, 15) is 4.79 Å². The van der Waals surface area contributed by atoms with Crippen LogP contribution in [-0.4, -0.2) is 20.6 Å². The van der Waals surface area contributed by atoms with Gasteiger partial charge in [-0.2, -0.15) is 0 Å². The van der Waals surface area contributed by atoms with Crippen LogP contribution in [0.2, 0.25) is 0 Å². The summed E-state index contributed by atoms with van der Waals surface area (Å²) in [7, 11) is 0. The van der Waals surface area contributed by atoms with Crippen molar-refractivity contribution >= 4 is 17.0 Å². The molecule has 4 nitrogen and oxygen atoms in total. The SMILES string of the molecule is CCCC1CC1n1c(CC)nc2cc(C(=O)O)ccc21. The maximum Gasteiger partial charge on any atom is 0.335 e. The van der Waals surface area contributed by atoms with Gasteiger partial charge in [-0.25, -0.2) is 9.78 Å². The lowest BCUT2D eigenvalue weighted by atomic mass is 10.2. The van der Waals surface area contributed by atoms with Crippen molar-refractivity contribution < 1.29 is 9.90 Å². The summed E-state index contributed by atoms with van der Waals surface area (Å²) in [6.45, 7) is 4.33. The Kier molecular flexibility index (Phi) is 3.24. The highest BCUT2D eigenvalue weighted by molar-refractivity contribution is 5.92.